The number of nitrogens with two attached hydrogens (primary N) is 2. The maximum Gasteiger partial charge on any atom is 0.341 e. The van der Waals surface area contributed by atoms with Crippen molar-refractivity contribution in [1.29, 1.82) is 0 Å². The minimum Gasteiger partial charge on any atom is -0.477 e. The van der Waals surface area contributed by atoms with Crippen LogP contribution in [0.5, 0.6) is 0 Å². The van der Waals surface area contributed by atoms with E-state index < -0.39 is 39.7 Å². The second kappa shape index (κ2) is 7.84. The van der Waals surface area contributed by atoms with Crippen LogP contribution in [0.1, 0.15) is 40.7 Å². The van der Waals surface area contributed by atoms with Crippen molar-refractivity contribution >= 4 is 28.2 Å². The number of aromatic nitrogens is 1. The lowest BCUT2D eigenvalue weighted by Gasteiger charge is -2.24. The Morgan fingerprint density at radius 1 is 1.12 bits per heavy atom. The molecule has 0 amide bonds. The van der Waals surface area contributed by atoms with Gasteiger partial charge >= 0.3 is 5.97 Å². The molecule has 1 aromatic heterocycles. The highest BCUT2D eigenvalue weighted by Crippen LogP contribution is 2.44. The standard InChI is InChI=1S/C24H24F2N4O3/c25-18-20(28)17-21(30(14-6-7-14)11-16(23(17)31)24(32)33)19(26)22(18)29-9-13(8-27)15(10-29)12-4-2-1-3-5-12/h1-5,11,13-15H,6-10,27-28H2,(H,32,33)/t13-,15+/m0/s1. The molecule has 5 N–H and O–H groups in total. The molecule has 2 atom stereocenters. The molecular formula is C24H24F2N4O3. The summed E-state index contributed by atoms with van der Waals surface area (Å²) in [4.78, 5) is 26.0. The van der Waals surface area contributed by atoms with Crippen molar-refractivity contribution in [3.63, 3.8) is 0 Å². The summed E-state index contributed by atoms with van der Waals surface area (Å²) in [6, 6.07) is 9.50. The number of hydrogen-bond donors (Lipinski definition) is 3. The van der Waals surface area contributed by atoms with Crippen molar-refractivity contribution < 1.29 is 18.7 Å². The van der Waals surface area contributed by atoms with E-state index in [-0.39, 0.29) is 29.1 Å². The van der Waals surface area contributed by atoms with Gasteiger partial charge in [-0.2, -0.15) is 0 Å². The monoisotopic (exact) mass is 454 g/mol. The van der Waals surface area contributed by atoms with Gasteiger partial charge < -0.3 is 26.0 Å². The summed E-state index contributed by atoms with van der Waals surface area (Å²) in [7, 11) is 0. The maximum absolute atomic E-state index is 16.0. The summed E-state index contributed by atoms with van der Waals surface area (Å²) in [5.41, 5.74) is 10.5. The lowest BCUT2D eigenvalue weighted by atomic mass is 9.89. The van der Waals surface area contributed by atoms with Gasteiger partial charge in [-0.05, 0) is 30.9 Å². The zero-order valence-corrected chi connectivity index (χ0v) is 17.8. The number of fused-ring (bicyclic) bond motifs is 1. The number of carbonyl (C=O) groups is 1. The molecule has 2 aliphatic rings. The van der Waals surface area contributed by atoms with Crippen molar-refractivity contribution in [2.24, 2.45) is 11.7 Å². The first-order chi connectivity index (χ1) is 15.8. The molecule has 1 aliphatic carbocycles. The van der Waals surface area contributed by atoms with Crippen LogP contribution in [0.15, 0.2) is 41.3 Å². The van der Waals surface area contributed by atoms with Gasteiger partial charge in [-0.1, -0.05) is 30.3 Å². The van der Waals surface area contributed by atoms with Crippen LogP contribution in [-0.4, -0.2) is 35.3 Å². The van der Waals surface area contributed by atoms with Crippen LogP contribution >= 0.6 is 0 Å². The fourth-order valence-electron chi connectivity index (χ4n) is 4.99. The zero-order chi connectivity index (χ0) is 23.4. The topological polar surface area (TPSA) is 115 Å². The van der Waals surface area contributed by atoms with Gasteiger partial charge in [-0.15, -0.1) is 0 Å². The van der Waals surface area contributed by atoms with Crippen molar-refractivity contribution in [2.45, 2.75) is 24.8 Å². The van der Waals surface area contributed by atoms with Crippen molar-refractivity contribution in [1.82, 2.24) is 4.57 Å². The second-order valence-electron chi connectivity index (χ2n) is 8.85. The van der Waals surface area contributed by atoms with E-state index in [1.54, 1.807) is 4.90 Å². The third-order valence-corrected chi connectivity index (χ3v) is 6.82. The van der Waals surface area contributed by atoms with E-state index in [2.05, 4.69) is 0 Å². The lowest BCUT2D eigenvalue weighted by Crippen LogP contribution is -2.27. The summed E-state index contributed by atoms with van der Waals surface area (Å²) in [6.07, 6.45) is 2.56. The summed E-state index contributed by atoms with van der Waals surface area (Å²) in [5, 5.41) is 9.02. The Hall–Kier alpha value is -3.46. The smallest absolute Gasteiger partial charge is 0.341 e. The number of nitrogens with zero attached hydrogens (tertiary/aromatic N) is 2. The van der Waals surface area contributed by atoms with E-state index >= 15 is 8.78 Å². The molecule has 2 fully saturated rings. The van der Waals surface area contributed by atoms with Gasteiger partial charge in [0.2, 0.25) is 5.43 Å². The Kier molecular flexibility index (Phi) is 5.08. The number of carboxylic acid groups (broad SMARTS) is 1. The van der Waals surface area contributed by atoms with Gasteiger partial charge in [0.1, 0.15) is 11.3 Å². The number of carboxylic acids is 1. The second-order valence-corrected chi connectivity index (χ2v) is 8.85. The van der Waals surface area contributed by atoms with Crippen molar-refractivity contribution in [3.05, 3.63) is 69.5 Å². The fraction of sp³-hybridized carbons (Fsp3) is 0.333. The van der Waals surface area contributed by atoms with Crippen LogP contribution in [0, 0.1) is 17.6 Å². The van der Waals surface area contributed by atoms with E-state index in [0.717, 1.165) is 11.8 Å². The van der Waals surface area contributed by atoms with Crippen LogP contribution in [-0.2, 0) is 0 Å². The predicted molar refractivity (Wildman–Crippen MR) is 122 cm³/mol. The third kappa shape index (κ3) is 3.34. The molecule has 0 unspecified atom stereocenters. The molecule has 1 saturated heterocycles. The van der Waals surface area contributed by atoms with Crippen LogP contribution in [0.3, 0.4) is 0 Å². The summed E-state index contributed by atoms with van der Waals surface area (Å²) in [5.74, 6) is -3.46. The fourth-order valence-corrected chi connectivity index (χ4v) is 4.99. The van der Waals surface area contributed by atoms with Gasteiger partial charge in [0, 0.05) is 31.2 Å². The molecule has 7 nitrogen and oxygen atoms in total. The molecule has 2 heterocycles. The molecule has 1 saturated carbocycles. The third-order valence-electron chi connectivity index (χ3n) is 6.82. The minimum absolute atomic E-state index is 0.0214. The summed E-state index contributed by atoms with van der Waals surface area (Å²) >= 11 is 0. The average molecular weight is 454 g/mol. The Balaban J connectivity index is 1.70. The molecule has 0 radical (unpaired) electrons. The van der Waals surface area contributed by atoms with Gasteiger partial charge in [0.05, 0.1) is 16.6 Å². The van der Waals surface area contributed by atoms with Crippen molar-refractivity contribution in [2.75, 3.05) is 30.3 Å². The number of rotatable bonds is 5. The highest BCUT2D eigenvalue weighted by Gasteiger charge is 2.38. The molecule has 0 bridgehead atoms. The largest absolute Gasteiger partial charge is 0.477 e. The van der Waals surface area contributed by atoms with E-state index in [1.165, 1.54) is 4.57 Å². The van der Waals surface area contributed by atoms with Gasteiger partial charge in [-0.3, -0.25) is 4.79 Å². The molecule has 0 spiro atoms. The normalized spacial score (nSPS) is 20.5. The number of hydrogen-bond acceptors (Lipinski definition) is 5. The molecule has 1 aliphatic heterocycles. The number of nitrogen functional groups attached to an aromatic ring is 1. The number of benzene rings is 2. The number of halogens is 2. The minimum atomic E-state index is -1.46. The zero-order valence-electron chi connectivity index (χ0n) is 17.8. The van der Waals surface area contributed by atoms with Crippen LogP contribution in [0.25, 0.3) is 10.9 Å². The first-order valence-electron chi connectivity index (χ1n) is 10.9. The highest BCUT2D eigenvalue weighted by molar-refractivity contribution is 5.99. The Morgan fingerprint density at radius 2 is 1.82 bits per heavy atom. The summed E-state index contributed by atoms with van der Waals surface area (Å²) < 4.78 is 33.0. The molecule has 172 valence electrons. The molecule has 2 aromatic carbocycles. The van der Waals surface area contributed by atoms with E-state index in [0.29, 0.717) is 32.5 Å². The molecule has 33 heavy (non-hydrogen) atoms. The van der Waals surface area contributed by atoms with Crippen LogP contribution in [0.2, 0.25) is 0 Å². The number of pyridine rings is 1. The van der Waals surface area contributed by atoms with E-state index in [4.69, 9.17) is 11.5 Å². The first-order valence-corrected chi connectivity index (χ1v) is 10.9. The lowest BCUT2D eigenvalue weighted by molar-refractivity contribution is 0.0695. The quantitative estimate of drug-likeness (QED) is 0.511. The van der Waals surface area contributed by atoms with E-state index in [1.807, 2.05) is 30.3 Å². The van der Waals surface area contributed by atoms with E-state index in [9.17, 15) is 14.7 Å². The molecule has 5 rings (SSSR count). The maximum atomic E-state index is 16.0. The van der Waals surface area contributed by atoms with Crippen LogP contribution in [0.4, 0.5) is 20.2 Å². The summed E-state index contributed by atoms with van der Waals surface area (Å²) in [6.45, 7) is 1.01. The SMILES string of the molecule is NC[C@H]1CN(c2c(F)c(N)c3c(=O)c(C(=O)O)cn(C4CC4)c3c2F)C[C@@H]1c1ccccc1. The first kappa shape index (κ1) is 21.4. The van der Waals surface area contributed by atoms with Gasteiger partial charge in [-0.25, -0.2) is 13.6 Å². The number of anilines is 2. The molecule has 9 heteroatoms. The van der Waals surface area contributed by atoms with Crippen molar-refractivity contribution in [3.8, 4) is 0 Å². The van der Waals surface area contributed by atoms with Crippen LogP contribution < -0.4 is 21.8 Å². The molecule has 3 aromatic rings. The predicted octanol–water partition coefficient (Wildman–Crippen LogP) is 3.07. The molecular weight excluding hydrogens is 430 g/mol. The number of aromatic carboxylic acids is 1. The Bertz CT molecular complexity index is 1320. The highest BCUT2D eigenvalue weighted by atomic mass is 19.1. The Morgan fingerprint density at radius 3 is 2.42 bits per heavy atom. The average Bonchev–Trinajstić information content (AvgIpc) is 3.56. The Labute approximate surface area is 188 Å². The van der Waals surface area contributed by atoms with Gasteiger partial charge in [0.15, 0.2) is 11.6 Å². The van der Waals surface area contributed by atoms with Gasteiger partial charge in [0.25, 0.3) is 0 Å².